The quantitative estimate of drug-likeness (QED) is 0.178. The third kappa shape index (κ3) is 4.65. The van der Waals surface area contributed by atoms with Crippen LogP contribution in [-0.2, 0) is 10.8 Å². The molecule has 294 valence electrons. The summed E-state index contributed by atoms with van der Waals surface area (Å²) in [6, 6.07) is 60.4. The maximum atomic E-state index is 7.23. The van der Waals surface area contributed by atoms with Gasteiger partial charge >= 0.3 is 0 Å². The molecule has 0 amide bonds. The van der Waals surface area contributed by atoms with Crippen molar-refractivity contribution in [2.75, 3.05) is 0 Å². The summed E-state index contributed by atoms with van der Waals surface area (Å²) in [7, 11) is 0. The largest absolute Gasteiger partial charge is 0.453 e. The highest BCUT2D eigenvalue weighted by Crippen LogP contribution is 2.58. The molecule has 0 N–H and O–H groups in total. The van der Waals surface area contributed by atoms with E-state index in [2.05, 4.69) is 141 Å². The average Bonchev–Trinajstić information content (AvgIpc) is 4.00. The molecule has 0 bridgehead atoms. The fourth-order valence-corrected chi connectivity index (χ4v) is 11.1. The SMILES string of the molecule is CC1(C)c2ccccc2-c2ccc3c(c21)c1c2c(ccc1n3-c1cccc3c1oc1c(-c4nc(-c5ccccc5)nc(-c5ccccc5)n4)cccc13)-c1ccccc1C2(C)C. The first-order chi connectivity index (χ1) is 30.3. The van der Waals surface area contributed by atoms with E-state index in [0.29, 0.717) is 17.5 Å². The van der Waals surface area contributed by atoms with E-state index < -0.39 is 0 Å². The van der Waals surface area contributed by atoms with Crippen LogP contribution < -0.4 is 0 Å². The van der Waals surface area contributed by atoms with Crippen LogP contribution in [0.5, 0.6) is 0 Å². The second kappa shape index (κ2) is 12.5. The molecule has 3 aromatic heterocycles. The molecule has 0 radical (unpaired) electrons. The van der Waals surface area contributed by atoms with Gasteiger partial charge in [0.05, 0.1) is 22.3 Å². The summed E-state index contributed by atoms with van der Waals surface area (Å²) >= 11 is 0. The van der Waals surface area contributed by atoms with Crippen LogP contribution >= 0.6 is 0 Å². The molecule has 5 nitrogen and oxygen atoms in total. The summed E-state index contributed by atoms with van der Waals surface area (Å²) < 4.78 is 9.70. The van der Waals surface area contributed by atoms with Crippen molar-refractivity contribution in [1.29, 1.82) is 0 Å². The molecule has 0 aliphatic heterocycles. The summed E-state index contributed by atoms with van der Waals surface area (Å²) in [5, 5.41) is 4.69. The third-order valence-electron chi connectivity index (χ3n) is 13.8. The molecule has 8 aromatic carbocycles. The zero-order valence-corrected chi connectivity index (χ0v) is 34.9. The summed E-state index contributed by atoms with van der Waals surface area (Å²) in [5.41, 5.74) is 17.9. The van der Waals surface area contributed by atoms with E-state index in [-0.39, 0.29) is 10.8 Å². The number of hydrogen-bond donors (Lipinski definition) is 0. The monoisotopic (exact) mass is 796 g/mol. The zero-order chi connectivity index (χ0) is 41.5. The Bertz CT molecular complexity index is 3510. The Kier molecular flexibility index (Phi) is 7.07. The Morgan fingerprint density at radius 3 is 1.39 bits per heavy atom. The molecule has 0 saturated heterocycles. The van der Waals surface area contributed by atoms with Gasteiger partial charge in [-0.15, -0.1) is 0 Å². The van der Waals surface area contributed by atoms with Gasteiger partial charge in [0.1, 0.15) is 5.58 Å². The molecule has 0 atom stereocenters. The summed E-state index contributed by atoms with van der Waals surface area (Å²) in [6.07, 6.45) is 0. The first kappa shape index (κ1) is 35.2. The minimum Gasteiger partial charge on any atom is -0.453 e. The van der Waals surface area contributed by atoms with Crippen LogP contribution in [-0.4, -0.2) is 19.5 Å². The van der Waals surface area contributed by atoms with Gasteiger partial charge in [0, 0.05) is 43.5 Å². The van der Waals surface area contributed by atoms with Crippen molar-refractivity contribution < 1.29 is 4.42 Å². The lowest BCUT2D eigenvalue weighted by molar-refractivity contribution is 0.662. The topological polar surface area (TPSA) is 56.7 Å². The summed E-state index contributed by atoms with van der Waals surface area (Å²) in [5.74, 6) is 1.79. The highest BCUT2D eigenvalue weighted by Gasteiger charge is 2.42. The molecule has 62 heavy (non-hydrogen) atoms. The number of benzene rings is 8. The van der Waals surface area contributed by atoms with E-state index >= 15 is 0 Å². The molecular formula is C57H40N4O. The first-order valence-electron chi connectivity index (χ1n) is 21.5. The Balaban J connectivity index is 1.11. The molecule has 5 heteroatoms. The van der Waals surface area contributed by atoms with Gasteiger partial charge in [-0.1, -0.05) is 173 Å². The van der Waals surface area contributed by atoms with Crippen molar-refractivity contribution in [2.24, 2.45) is 0 Å². The molecule has 11 aromatic rings. The number of rotatable bonds is 4. The maximum Gasteiger partial charge on any atom is 0.167 e. The number of aromatic nitrogens is 4. The molecular weight excluding hydrogens is 757 g/mol. The molecule has 3 heterocycles. The molecule has 0 fully saturated rings. The third-order valence-corrected chi connectivity index (χ3v) is 13.8. The van der Waals surface area contributed by atoms with E-state index in [1.54, 1.807) is 0 Å². The fraction of sp³-hybridized carbons (Fsp3) is 0.105. The van der Waals surface area contributed by atoms with E-state index in [4.69, 9.17) is 19.4 Å². The Morgan fingerprint density at radius 1 is 0.387 bits per heavy atom. The van der Waals surface area contributed by atoms with Crippen LogP contribution in [0.25, 0.3) is 106 Å². The van der Waals surface area contributed by atoms with Crippen LogP contribution in [0.3, 0.4) is 0 Å². The number of furan rings is 1. The van der Waals surface area contributed by atoms with Gasteiger partial charge in [0.25, 0.3) is 0 Å². The molecule has 2 aliphatic rings. The lowest BCUT2D eigenvalue weighted by Crippen LogP contribution is -2.17. The Hall–Kier alpha value is -7.63. The molecule has 0 unspecified atom stereocenters. The minimum absolute atomic E-state index is 0.217. The Morgan fingerprint density at radius 2 is 0.839 bits per heavy atom. The van der Waals surface area contributed by atoms with Crippen molar-refractivity contribution in [3.05, 3.63) is 192 Å². The van der Waals surface area contributed by atoms with E-state index in [1.165, 1.54) is 66.3 Å². The van der Waals surface area contributed by atoms with Crippen molar-refractivity contribution in [3.63, 3.8) is 0 Å². The second-order valence-corrected chi connectivity index (χ2v) is 17.9. The van der Waals surface area contributed by atoms with Gasteiger partial charge in [-0.3, -0.25) is 0 Å². The average molecular weight is 797 g/mol. The van der Waals surface area contributed by atoms with E-state index in [9.17, 15) is 0 Å². The van der Waals surface area contributed by atoms with Gasteiger partial charge in [0.15, 0.2) is 23.1 Å². The van der Waals surface area contributed by atoms with Crippen LogP contribution in [0.15, 0.2) is 174 Å². The minimum atomic E-state index is -0.217. The van der Waals surface area contributed by atoms with Gasteiger partial charge in [-0.05, 0) is 68.8 Å². The van der Waals surface area contributed by atoms with Crippen LogP contribution in [0.2, 0.25) is 0 Å². The highest BCUT2D eigenvalue weighted by atomic mass is 16.3. The second-order valence-electron chi connectivity index (χ2n) is 17.9. The smallest absolute Gasteiger partial charge is 0.167 e. The number of fused-ring (bicyclic) bond motifs is 14. The predicted octanol–water partition coefficient (Wildman–Crippen LogP) is 14.5. The predicted molar refractivity (Wildman–Crippen MR) is 253 cm³/mol. The normalized spacial score (nSPS) is 14.4. The van der Waals surface area contributed by atoms with Gasteiger partial charge < -0.3 is 8.98 Å². The van der Waals surface area contributed by atoms with Gasteiger partial charge in [-0.25, -0.2) is 15.0 Å². The number of nitrogens with zero attached hydrogens (tertiary/aromatic N) is 4. The fourth-order valence-electron chi connectivity index (χ4n) is 11.1. The zero-order valence-electron chi connectivity index (χ0n) is 34.9. The van der Waals surface area contributed by atoms with Crippen molar-refractivity contribution in [3.8, 4) is 62.1 Å². The highest BCUT2D eigenvalue weighted by molar-refractivity contribution is 6.19. The molecule has 2 aliphatic carbocycles. The van der Waals surface area contributed by atoms with Crippen molar-refractivity contribution in [2.45, 2.75) is 38.5 Å². The summed E-state index contributed by atoms with van der Waals surface area (Å²) in [4.78, 5) is 15.2. The van der Waals surface area contributed by atoms with Gasteiger partial charge in [0.2, 0.25) is 0 Å². The van der Waals surface area contributed by atoms with Gasteiger partial charge in [-0.2, -0.15) is 0 Å². The number of hydrogen-bond acceptors (Lipinski definition) is 4. The van der Waals surface area contributed by atoms with Crippen LogP contribution in [0.1, 0.15) is 49.9 Å². The Labute approximate surface area is 359 Å². The van der Waals surface area contributed by atoms with E-state index in [0.717, 1.165) is 44.3 Å². The van der Waals surface area contributed by atoms with Crippen LogP contribution in [0, 0.1) is 0 Å². The lowest BCUT2D eigenvalue weighted by Gasteiger charge is -2.25. The lowest BCUT2D eigenvalue weighted by atomic mass is 9.77. The standard InChI is InChI=1S/C57H40N4O/c1-56(2)42-26-13-11-21-35(42)37-29-31-44-47(49(37)56)48-45(32-30-38-36-22-12-14-27-43(36)57(3,4)50(38)48)61(44)46-28-16-24-40-39-23-15-25-41(51(39)62-52(40)46)55-59-53(33-17-7-5-8-18-33)58-54(60-55)34-19-9-6-10-20-34/h5-32H,1-4H3. The molecule has 0 spiro atoms. The van der Waals surface area contributed by atoms with Crippen LogP contribution in [0.4, 0.5) is 0 Å². The molecule has 13 rings (SSSR count). The maximum absolute atomic E-state index is 7.23. The first-order valence-corrected chi connectivity index (χ1v) is 21.5. The summed E-state index contributed by atoms with van der Waals surface area (Å²) in [6.45, 7) is 9.60. The van der Waals surface area contributed by atoms with E-state index in [1.807, 2.05) is 60.7 Å². The molecule has 0 saturated carbocycles. The van der Waals surface area contributed by atoms with Crippen molar-refractivity contribution >= 4 is 43.7 Å². The number of para-hydroxylation sites is 2. The van der Waals surface area contributed by atoms with Crippen molar-refractivity contribution in [1.82, 2.24) is 19.5 Å².